The lowest BCUT2D eigenvalue weighted by atomic mass is 10.0. The molecule has 1 atom stereocenters. The quantitative estimate of drug-likeness (QED) is 0.283. The lowest BCUT2D eigenvalue weighted by Crippen LogP contribution is -2.38. The summed E-state index contributed by atoms with van der Waals surface area (Å²) >= 11 is 0. The van der Waals surface area contributed by atoms with Gasteiger partial charge in [0.25, 0.3) is 0 Å². The van der Waals surface area contributed by atoms with Gasteiger partial charge >= 0.3 is 0 Å². The highest BCUT2D eigenvalue weighted by atomic mass is 127. The average Bonchev–Trinajstić information content (AvgIpc) is 2.57. The van der Waals surface area contributed by atoms with E-state index in [0.29, 0.717) is 0 Å². The van der Waals surface area contributed by atoms with Gasteiger partial charge in [-0.25, -0.2) is 0 Å². The van der Waals surface area contributed by atoms with E-state index in [1.54, 1.807) is 0 Å². The predicted octanol–water partition coefficient (Wildman–Crippen LogP) is 3.79. The van der Waals surface area contributed by atoms with Gasteiger partial charge in [-0.2, -0.15) is 0 Å². The minimum Gasteiger partial charge on any atom is -0.356 e. The molecule has 1 aromatic rings. The minimum absolute atomic E-state index is 0. The zero-order valence-electron chi connectivity index (χ0n) is 16.1. The first-order valence-electron chi connectivity index (χ1n) is 9.40. The molecule has 0 amide bonds. The van der Waals surface area contributed by atoms with Crippen molar-refractivity contribution in [2.75, 3.05) is 33.2 Å². The normalized spacial score (nSPS) is 18.5. The number of hydrogen-bond acceptors (Lipinski definition) is 2. The largest absolute Gasteiger partial charge is 0.356 e. The van der Waals surface area contributed by atoms with Crippen LogP contribution in [-0.4, -0.2) is 44.1 Å². The highest BCUT2D eigenvalue weighted by molar-refractivity contribution is 14.0. The first kappa shape index (κ1) is 22.2. The molecule has 1 aliphatic heterocycles. The molecule has 25 heavy (non-hydrogen) atoms. The lowest BCUT2D eigenvalue weighted by Gasteiger charge is -2.30. The first-order chi connectivity index (χ1) is 11.7. The number of nitrogens with one attached hydrogen (secondary N) is 2. The van der Waals surface area contributed by atoms with E-state index in [0.717, 1.165) is 25.0 Å². The number of benzene rings is 1. The number of nitrogens with zero attached hydrogens (tertiary/aromatic N) is 2. The summed E-state index contributed by atoms with van der Waals surface area (Å²) in [6, 6.07) is 8.58. The molecular formula is C20H35IN4. The zero-order chi connectivity index (χ0) is 17.2. The van der Waals surface area contributed by atoms with Crippen LogP contribution in [0.15, 0.2) is 29.3 Å². The van der Waals surface area contributed by atoms with E-state index in [-0.39, 0.29) is 24.0 Å². The molecule has 0 bridgehead atoms. The van der Waals surface area contributed by atoms with Crippen LogP contribution in [0, 0.1) is 12.8 Å². The summed E-state index contributed by atoms with van der Waals surface area (Å²) < 4.78 is 0. The Morgan fingerprint density at radius 2 is 2.12 bits per heavy atom. The first-order valence-corrected chi connectivity index (χ1v) is 9.40. The summed E-state index contributed by atoms with van der Waals surface area (Å²) in [7, 11) is 1.83. The van der Waals surface area contributed by atoms with Crippen molar-refractivity contribution in [1.82, 2.24) is 15.5 Å². The summed E-state index contributed by atoms with van der Waals surface area (Å²) in [6.45, 7) is 10.1. The molecule has 1 heterocycles. The maximum atomic E-state index is 4.31. The van der Waals surface area contributed by atoms with Gasteiger partial charge in [-0.3, -0.25) is 4.99 Å². The Hall–Kier alpha value is -0.820. The summed E-state index contributed by atoms with van der Waals surface area (Å²) in [5, 5.41) is 6.81. The van der Waals surface area contributed by atoms with Crippen molar-refractivity contribution in [2.45, 2.75) is 46.1 Å². The molecule has 1 unspecified atom stereocenters. The van der Waals surface area contributed by atoms with Crippen LogP contribution in [0.25, 0.3) is 0 Å². The molecule has 5 heteroatoms. The molecule has 0 saturated carbocycles. The number of guanidine groups is 1. The Bertz CT molecular complexity index is 518. The van der Waals surface area contributed by atoms with Crippen LogP contribution in [0.2, 0.25) is 0 Å². The average molecular weight is 458 g/mol. The van der Waals surface area contributed by atoms with Crippen molar-refractivity contribution in [2.24, 2.45) is 10.9 Å². The van der Waals surface area contributed by atoms with Gasteiger partial charge in [-0.1, -0.05) is 36.8 Å². The van der Waals surface area contributed by atoms with Crippen LogP contribution in [0.4, 0.5) is 0 Å². The molecule has 0 radical (unpaired) electrons. The van der Waals surface area contributed by atoms with E-state index in [1.807, 2.05) is 7.05 Å². The van der Waals surface area contributed by atoms with Gasteiger partial charge < -0.3 is 15.5 Å². The fourth-order valence-electron chi connectivity index (χ4n) is 3.39. The molecule has 0 aliphatic carbocycles. The fourth-order valence-corrected chi connectivity index (χ4v) is 3.39. The van der Waals surface area contributed by atoms with Gasteiger partial charge in [0.05, 0.1) is 0 Å². The van der Waals surface area contributed by atoms with E-state index in [1.165, 1.54) is 56.4 Å². The maximum absolute atomic E-state index is 4.31. The number of hydrogen-bond donors (Lipinski definition) is 2. The molecule has 2 rings (SSSR count). The molecule has 1 saturated heterocycles. The SMILES string of the molecule is CN=C(NCCCCN1CCCC(C)C1)NCc1cccc(C)c1.I. The van der Waals surface area contributed by atoms with Crippen LogP contribution < -0.4 is 10.6 Å². The van der Waals surface area contributed by atoms with E-state index in [4.69, 9.17) is 0 Å². The standard InChI is InChI=1S/C20H34N4.HI/c1-17-8-6-10-19(14-17)15-23-20(21-3)22-11-4-5-12-24-13-7-9-18(2)16-24;/h6,8,10,14,18H,4-5,7,9,11-13,15-16H2,1-3H3,(H2,21,22,23);1H. The van der Waals surface area contributed by atoms with Gasteiger partial charge in [-0.15, -0.1) is 24.0 Å². The third-order valence-corrected chi connectivity index (χ3v) is 4.70. The van der Waals surface area contributed by atoms with Crippen molar-refractivity contribution in [3.63, 3.8) is 0 Å². The lowest BCUT2D eigenvalue weighted by molar-refractivity contribution is 0.181. The van der Waals surface area contributed by atoms with Gasteiger partial charge in [-0.05, 0) is 57.2 Å². The highest BCUT2D eigenvalue weighted by Crippen LogP contribution is 2.15. The van der Waals surface area contributed by atoms with Gasteiger partial charge in [0, 0.05) is 26.7 Å². The van der Waals surface area contributed by atoms with Crippen molar-refractivity contribution in [3.05, 3.63) is 35.4 Å². The molecule has 2 N–H and O–H groups in total. The summed E-state index contributed by atoms with van der Waals surface area (Å²) in [5.74, 6) is 1.77. The summed E-state index contributed by atoms with van der Waals surface area (Å²) in [5.41, 5.74) is 2.58. The Balaban J connectivity index is 0.00000312. The summed E-state index contributed by atoms with van der Waals surface area (Å²) in [4.78, 5) is 6.93. The number of halogens is 1. The Labute approximate surface area is 170 Å². The van der Waals surface area contributed by atoms with E-state index in [9.17, 15) is 0 Å². The zero-order valence-corrected chi connectivity index (χ0v) is 18.4. The molecular weight excluding hydrogens is 423 g/mol. The monoisotopic (exact) mass is 458 g/mol. The van der Waals surface area contributed by atoms with E-state index < -0.39 is 0 Å². The molecule has 142 valence electrons. The van der Waals surface area contributed by atoms with Crippen LogP contribution in [0.3, 0.4) is 0 Å². The smallest absolute Gasteiger partial charge is 0.191 e. The highest BCUT2D eigenvalue weighted by Gasteiger charge is 2.15. The second kappa shape index (κ2) is 12.5. The van der Waals surface area contributed by atoms with Crippen molar-refractivity contribution >= 4 is 29.9 Å². The molecule has 1 aliphatic rings. The minimum atomic E-state index is 0. The van der Waals surface area contributed by atoms with Crippen molar-refractivity contribution in [1.29, 1.82) is 0 Å². The van der Waals surface area contributed by atoms with E-state index >= 15 is 0 Å². The second-order valence-corrected chi connectivity index (χ2v) is 7.10. The number of rotatable bonds is 7. The summed E-state index contributed by atoms with van der Waals surface area (Å²) in [6.07, 6.45) is 5.22. The van der Waals surface area contributed by atoms with Crippen LogP contribution in [0.5, 0.6) is 0 Å². The number of unbranched alkanes of at least 4 members (excludes halogenated alkanes) is 1. The van der Waals surface area contributed by atoms with Crippen molar-refractivity contribution in [3.8, 4) is 0 Å². The fraction of sp³-hybridized carbons (Fsp3) is 0.650. The number of piperidine rings is 1. The third-order valence-electron chi connectivity index (χ3n) is 4.70. The van der Waals surface area contributed by atoms with Gasteiger partial charge in [0.1, 0.15) is 0 Å². The molecule has 4 nitrogen and oxygen atoms in total. The Morgan fingerprint density at radius 3 is 2.84 bits per heavy atom. The third kappa shape index (κ3) is 8.90. The van der Waals surface area contributed by atoms with Gasteiger partial charge in [0.2, 0.25) is 0 Å². The topological polar surface area (TPSA) is 39.7 Å². The van der Waals surface area contributed by atoms with E-state index in [2.05, 4.69) is 58.6 Å². The molecule has 0 aromatic heterocycles. The second-order valence-electron chi connectivity index (χ2n) is 7.10. The van der Waals surface area contributed by atoms with Crippen LogP contribution in [-0.2, 0) is 6.54 Å². The Kier molecular flexibility index (Phi) is 11.1. The van der Waals surface area contributed by atoms with Crippen molar-refractivity contribution < 1.29 is 0 Å². The van der Waals surface area contributed by atoms with Crippen LogP contribution >= 0.6 is 24.0 Å². The predicted molar refractivity (Wildman–Crippen MR) is 119 cm³/mol. The number of aliphatic imine (C=N–C) groups is 1. The molecule has 1 aromatic carbocycles. The number of aryl methyl sites for hydroxylation is 1. The van der Waals surface area contributed by atoms with Crippen LogP contribution in [0.1, 0.15) is 43.7 Å². The van der Waals surface area contributed by atoms with Gasteiger partial charge in [0.15, 0.2) is 5.96 Å². The molecule has 1 fully saturated rings. The molecule has 0 spiro atoms. The number of likely N-dealkylation sites (tertiary alicyclic amines) is 1. The Morgan fingerprint density at radius 1 is 1.28 bits per heavy atom. The maximum Gasteiger partial charge on any atom is 0.191 e.